The number of aromatic nitrogens is 1. The highest BCUT2D eigenvalue weighted by Gasteiger charge is 2.40. The summed E-state index contributed by atoms with van der Waals surface area (Å²) in [5.41, 5.74) is 0. The third-order valence-electron chi connectivity index (χ3n) is 6.44. The molecule has 4 heterocycles. The van der Waals surface area contributed by atoms with Crippen molar-refractivity contribution >= 4 is 59.7 Å². The van der Waals surface area contributed by atoms with Crippen LogP contribution in [0.1, 0.15) is 49.7 Å². The highest BCUT2D eigenvalue weighted by atomic mass is 32.2. The normalized spacial score (nSPS) is 19.8. The molecule has 1 aliphatic heterocycles. The molecule has 3 aromatic heterocycles. The lowest BCUT2D eigenvalue weighted by atomic mass is 10.0. The first kappa shape index (κ1) is 28.1. The van der Waals surface area contributed by atoms with E-state index in [0.29, 0.717) is 17.7 Å². The van der Waals surface area contributed by atoms with Gasteiger partial charge in [0.1, 0.15) is 6.04 Å². The zero-order valence-electron chi connectivity index (χ0n) is 21.2. The molecule has 0 radical (unpaired) electrons. The summed E-state index contributed by atoms with van der Waals surface area (Å²) in [5, 5.41) is 19.2. The average molecular weight is 579 g/mol. The van der Waals surface area contributed by atoms with Gasteiger partial charge in [0.05, 0.1) is 17.5 Å². The lowest BCUT2D eigenvalue weighted by molar-refractivity contribution is -0.646. The zero-order valence-corrected chi connectivity index (χ0v) is 23.7. The molecule has 1 aliphatic rings. The summed E-state index contributed by atoms with van der Waals surface area (Å²) in [7, 11) is -4.24. The minimum Gasteiger partial charge on any atom is -0.618 e. The van der Waals surface area contributed by atoms with E-state index in [2.05, 4.69) is 10.6 Å². The van der Waals surface area contributed by atoms with E-state index >= 15 is 0 Å². The van der Waals surface area contributed by atoms with Crippen molar-refractivity contribution in [2.24, 2.45) is 5.92 Å². The van der Waals surface area contributed by atoms with Crippen molar-refractivity contribution in [3.8, 4) is 0 Å². The fourth-order valence-corrected chi connectivity index (χ4v) is 8.09. The number of Topliss-reactive ketones (excluding diaryl/α,β-unsaturated/α-hetero) is 1. The smallest absolute Gasteiger partial charge is 0.323 e. The minimum atomic E-state index is -4.24. The summed E-state index contributed by atoms with van der Waals surface area (Å²) in [6.45, 7) is 5.05. The van der Waals surface area contributed by atoms with Crippen LogP contribution in [-0.4, -0.2) is 55.0 Å². The summed E-state index contributed by atoms with van der Waals surface area (Å²) in [5.74, 6) is -1.24. The van der Waals surface area contributed by atoms with Crippen LogP contribution in [0, 0.1) is 11.1 Å². The van der Waals surface area contributed by atoms with Crippen LogP contribution in [0.5, 0.6) is 0 Å². The van der Waals surface area contributed by atoms with Crippen molar-refractivity contribution in [2.75, 3.05) is 6.54 Å². The monoisotopic (exact) mass is 578 g/mol. The third kappa shape index (κ3) is 6.06. The van der Waals surface area contributed by atoms with Gasteiger partial charge in [-0.15, -0.1) is 22.7 Å². The number of amides is 2. The molecule has 3 aromatic rings. The lowest BCUT2D eigenvalue weighted by Crippen LogP contribution is -2.53. The molecule has 4 rings (SSSR count). The van der Waals surface area contributed by atoms with E-state index < -0.39 is 51.4 Å². The van der Waals surface area contributed by atoms with E-state index in [4.69, 9.17) is 0 Å². The number of pyridine rings is 1. The molecule has 204 valence electrons. The van der Waals surface area contributed by atoms with E-state index in [-0.39, 0.29) is 23.0 Å². The number of fused-ring (bicyclic) bond motifs is 1. The number of hydrogen-bond donors (Lipinski definition) is 2. The molecule has 3 atom stereocenters. The van der Waals surface area contributed by atoms with Crippen LogP contribution >= 0.6 is 22.7 Å². The van der Waals surface area contributed by atoms with Gasteiger partial charge in [0, 0.05) is 27.6 Å². The molecule has 13 heteroatoms. The molecule has 0 aromatic carbocycles. The number of carbonyl (C=O) groups is 3. The first-order valence-corrected chi connectivity index (χ1v) is 15.4. The molecule has 0 saturated carbocycles. The van der Waals surface area contributed by atoms with Crippen LogP contribution in [0.25, 0.3) is 9.40 Å². The van der Waals surface area contributed by atoms with Crippen molar-refractivity contribution in [3.63, 3.8) is 0 Å². The fourth-order valence-electron chi connectivity index (χ4n) is 4.42. The second-order valence-electron chi connectivity index (χ2n) is 9.78. The van der Waals surface area contributed by atoms with Gasteiger partial charge in [-0.2, -0.15) is 9.04 Å². The first-order valence-electron chi connectivity index (χ1n) is 12.3. The van der Waals surface area contributed by atoms with Gasteiger partial charge in [0.2, 0.25) is 5.91 Å². The maximum absolute atomic E-state index is 13.3. The molecule has 38 heavy (non-hydrogen) atoms. The quantitative estimate of drug-likeness (QED) is 0.311. The Balaban J connectivity index is 1.47. The Morgan fingerprint density at radius 1 is 1.21 bits per heavy atom. The van der Waals surface area contributed by atoms with Gasteiger partial charge in [-0.25, -0.2) is 8.42 Å². The molecule has 0 spiro atoms. The molecular formula is C25H30N4O6S3. The maximum Gasteiger partial charge on any atom is 0.323 e. The molecule has 0 unspecified atom stereocenters. The van der Waals surface area contributed by atoms with Crippen molar-refractivity contribution < 1.29 is 27.5 Å². The van der Waals surface area contributed by atoms with Gasteiger partial charge >= 0.3 is 15.0 Å². The minimum absolute atomic E-state index is 0.0908. The number of carbonyl (C=O) groups excluding carboxylic acids is 3. The van der Waals surface area contributed by atoms with Crippen LogP contribution < -0.4 is 15.4 Å². The van der Waals surface area contributed by atoms with Crippen LogP contribution in [0.2, 0.25) is 0 Å². The number of sulfonamides is 1. The second-order valence-corrected chi connectivity index (χ2v) is 13.7. The highest BCUT2D eigenvalue weighted by molar-refractivity contribution is 7.89. The number of rotatable bonds is 8. The Morgan fingerprint density at radius 3 is 2.66 bits per heavy atom. The highest BCUT2D eigenvalue weighted by Crippen LogP contribution is 2.30. The van der Waals surface area contributed by atoms with E-state index in [1.165, 1.54) is 40.9 Å². The second kappa shape index (κ2) is 11.5. The number of hydrogen-bond acceptors (Lipinski definition) is 8. The summed E-state index contributed by atoms with van der Waals surface area (Å²) in [6.07, 6.45) is 1.98. The van der Waals surface area contributed by atoms with Crippen LogP contribution in [0.3, 0.4) is 0 Å². The van der Waals surface area contributed by atoms with Crippen molar-refractivity contribution in [1.82, 2.24) is 14.9 Å². The number of nitrogens with one attached hydrogen (secondary N) is 2. The predicted molar refractivity (Wildman–Crippen MR) is 145 cm³/mol. The van der Waals surface area contributed by atoms with Gasteiger partial charge in [-0.1, -0.05) is 13.8 Å². The topological polar surface area (TPSA) is 140 Å². The van der Waals surface area contributed by atoms with Gasteiger partial charge in [-0.05, 0) is 55.7 Å². The molecule has 1 fully saturated rings. The SMILES string of the molecule is CC(C)C[C@H](NC(=O)c1cc2sccc2s1)C(=O)N[C@@H]1CC[C@@H](C)N(S(=O)(=O)c2cccc[n+]2[O-])CC1=O. The van der Waals surface area contributed by atoms with Crippen molar-refractivity contribution in [2.45, 2.75) is 63.2 Å². The third-order valence-corrected chi connectivity index (χ3v) is 10.5. The standard InChI is InChI=1S/C25H30N4O6S3/c1-15(2)12-18(27-25(32)22-13-21-20(37-22)9-11-36-21)24(31)26-17-8-7-16(3)29(14-19(17)30)38(34,35)23-6-4-5-10-28(23)33/h4-6,9-11,13,15-18H,7-8,12,14H2,1-3H3,(H,26,31)(H,27,32)/t16-,17-,18+/m1/s1. The Morgan fingerprint density at radius 2 is 1.97 bits per heavy atom. The van der Waals surface area contributed by atoms with Gasteiger partial charge in [0.15, 0.2) is 12.0 Å². The Kier molecular flexibility index (Phi) is 8.50. The molecular weight excluding hydrogens is 548 g/mol. The summed E-state index contributed by atoms with van der Waals surface area (Å²) < 4.78 is 29.7. The summed E-state index contributed by atoms with van der Waals surface area (Å²) in [6, 6.07) is 5.45. The first-order chi connectivity index (χ1) is 18.0. The largest absolute Gasteiger partial charge is 0.618 e. The lowest BCUT2D eigenvalue weighted by Gasteiger charge is -2.24. The van der Waals surface area contributed by atoms with Gasteiger partial charge < -0.3 is 15.8 Å². The molecule has 2 amide bonds. The molecule has 10 nitrogen and oxygen atoms in total. The average Bonchev–Trinajstić information content (AvgIpc) is 3.43. The summed E-state index contributed by atoms with van der Waals surface area (Å²) in [4.78, 5) is 39.8. The van der Waals surface area contributed by atoms with Gasteiger partial charge in [-0.3, -0.25) is 14.4 Å². The zero-order chi connectivity index (χ0) is 27.6. The Labute approximate surface area is 229 Å². The summed E-state index contributed by atoms with van der Waals surface area (Å²) >= 11 is 2.89. The predicted octanol–water partition coefficient (Wildman–Crippen LogP) is 2.67. The molecule has 2 N–H and O–H groups in total. The van der Waals surface area contributed by atoms with Crippen LogP contribution in [-0.2, 0) is 19.6 Å². The van der Waals surface area contributed by atoms with Crippen molar-refractivity contribution in [3.05, 3.63) is 52.0 Å². The van der Waals surface area contributed by atoms with E-state index in [1.807, 2.05) is 25.3 Å². The molecule has 1 saturated heterocycles. The number of thiophene rings is 2. The van der Waals surface area contributed by atoms with Crippen LogP contribution in [0.15, 0.2) is 46.9 Å². The number of ketones is 1. The fraction of sp³-hybridized carbons (Fsp3) is 0.440. The van der Waals surface area contributed by atoms with E-state index in [0.717, 1.165) is 19.9 Å². The Hall–Kier alpha value is -2.87. The van der Waals surface area contributed by atoms with E-state index in [9.17, 15) is 28.0 Å². The molecule has 0 bridgehead atoms. The van der Waals surface area contributed by atoms with E-state index in [1.54, 1.807) is 13.0 Å². The van der Waals surface area contributed by atoms with Crippen molar-refractivity contribution in [1.29, 1.82) is 0 Å². The molecule has 0 aliphatic carbocycles. The number of nitrogens with zero attached hydrogens (tertiary/aromatic N) is 2. The van der Waals surface area contributed by atoms with Gasteiger partial charge in [0.25, 0.3) is 5.91 Å². The Bertz CT molecular complexity index is 1420. The van der Waals surface area contributed by atoms with Crippen LogP contribution in [0.4, 0.5) is 0 Å². The maximum atomic E-state index is 13.3.